The van der Waals surface area contributed by atoms with Gasteiger partial charge in [-0.1, -0.05) is 50.6 Å². The summed E-state index contributed by atoms with van der Waals surface area (Å²) in [5.74, 6) is 1.37. The molecule has 0 aliphatic carbocycles. The molecular formula is C25H27NO3S. The van der Waals surface area contributed by atoms with Crippen LogP contribution in [-0.4, -0.2) is 19.6 Å². The van der Waals surface area contributed by atoms with Gasteiger partial charge in [-0.25, -0.2) is 0 Å². The first kappa shape index (κ1) is 20.5. The molecule has 1 amide bonds. The van der Waals surface area contributed by atoms with Gasteiger partial charge in [0.2, 0.25) is 0 Å². The molecule has 0 atom stereocenters. The van der Waals surface area contributed by atoms with Gasteiger partial charge in [-0.15, -0.1) is 11.3 Å². The Hall–Kier alpha value is -2.79. The monoisotopic (exact) mass is 421 g/mol. The van der Waals surface area contributed by atoms with Crippen LogP contribution >= 0.6 is 11.3 Å². The highest BCUT2D eigenvalue weighted by Gasteiger charge is 2.32. The third-order valence-corrected chi connectivity index (χ3v) is 6.25. The average molecular weight is 422 g/mol. The Morgan fingerprint density at radius 2 is 1.77 bits per heavy atom. The fourth-order valence-electron chi connectivity index (χ4n) is 3.40. The minimum atomic E-state index is 0.0405. The van der Waals surface area contributed by atoms with E-state index in [-0.39, 0.29) is 11.3 Å². The summed E-state index contributed by atoms with van der Waals surface area (Å²) in [6.45, 7) is 9.61. The van der Waals surface area contributed by atoms with Gasteiger partial charge in [0.05, 0.1) is 25.1 Å². The first-order chi connectivity index (χ1) is 14.2. The SMILES string of the molecule is COc1cc(N2Cc3cc(-c4ccc(C)cc4)sc3C2=O)ccc1OCC(C)(C)C. The van der Waals surface area contributed by atoms with Gasteiger partial charge >= 0.3 is 0 Å². The van der Waals surface area contributed by atoms with Crippen molar-refractivity contribution in [1.82, 2.24) is 0 Å². The van der Waals surface area contributed by atoms with Crippen LogP contribution < -0.4 is 14.4 Å². The van der Waals surface area contributed by atoms with Crippen LogP contribution in [0.1, 0.15) is 41.6 Å². The number of aryl methyl sites for hydroxylation is 1. The van der Waals surface area contributed by atoms with Gasteiger partial charge in [-0.05, 0) is 41.7 Å². The maximum absolute atomic E-state index is 13.1. The number of benzene rings is 2. The summed E-state index contributed by atoms with van der Waals surface area (Å²) < 4.78 is 11.5. The molecule has 5 heteroatoms. The normalized spacial score (nSPS) is 13.5. The molecule has 1 aliphatic heterocycles. The molecule has 156 valence electrons. The second-order valence-corrected chi connectivity index (χ2v) is 9.96. The topological polar surface area (TPSA) is 38.8 Å². The van der Waals surface area contributed by atoms with Crippen LogP contribution in [0.5, 0.6) is 11.5 Å². The predicted molar refractivity (Wildman–Crippen MR) is 123 cm³/mol. The minimum absolute atomic E-state index is 0.0405. The molecule has 4 nitrogen and oxygen atoms in total. The lowest BCUT2D eigenvalue weighted by atomic mass is 9.99. The maximum Gasteiger partial charge on any atom is 0.269 e. The summed E-state index contributed by atoms with van der Waals surface area (Å²) in [5, 5.41) is 0. The quantitative estimate of drug-likeness (QED) is 0.484. The average Bonchev–Trinajstić information content (AvgIpc) is 3.26. The highest BCUT2D eigenvalue weighted by atomic mass is 32.1. The minimum Gasteiger partial charge on any atom is -0.493 e. The van der Waals surface area contributed by atoms with E-state index in [1.807, 2.05) is 18.2 Å². The zero-order valence-corrected chi connectivity index (χ0v) is 18.9. The van der Waals surface area contributed by atoms with Crippen LogP contribution in [0.4, 0.5) is 5.69 Å². The molecule has 2 heterocycles. The number of hydrogen-bond donors (Lipinski definition) is 0. The van der Waals surface area contributed by atoms with Gasteiger partial charge in [0.1, 0.15) is 0 Å². The molecule has 0 saturated heterocycles. The molecule has 0 N–H and O–H groups in total. The summed E-state index contributed by atoms with van der Waals surface area (Å²) in [7, 11) is 1.62. The fraction of sp³-hybridized carbons (Fsp3) is 0.320. The van der Waals surface area contributed by atoms with E-state index in [2.05, 4.69) is 58.0 Å². The molecule has 0 radical (unpaired) electrons. The second-order valence-electron chi connectivity index (χ2n) is 8.91. The third-order valence-electron chi connectivity index (χ3n) is 5.03. The zero-order valence-electron chi connectivity index (χ0n) is 18.1. The van der Waals surface area contributed by atoms with Gasteiger partial charge in [0, 0.05) is 16.6 Å². The number of nitrogens with zero attached hydrogens (tertiary/aromatic N) is 1. The Morgan fingerprint density at radius 3 is 2.40 bits per heavy atom. The van der Waals surface area contributed by atoms with E-state index < -0.39 is 0 Å². The van der Waals surface area contributed by atoms with Gasteiger partial charge in [0.25, 0.3) is 5.91 Å². The Balaban J connectivity index is 1.55. The van der Waals surface area contributed by atoms with E-state index >= 15 is 0 Å². The number of rotatable bonds is 5. The number of ether oxygens (including phenoxy) is 2. The van der Waals surface area contributed by atoms with Crippen molar-refractivity contribution < 1.29 is 14.3 Å². The van der Waals surface area contributed by atoms with E-state index in [9.17, 15) is 4.79 Å². The highest BCUT2D eigenvalue weighted by Crippen LogP contribution is 2.40. The molecular weight excluding hydrogens is 394 g/mol. The number of amides is 1. The molecule has 0 fully saturated rings. The lowest BCUT2D eigenvalue weighted by Crippen LogP contribution is -2.23. The Morgan fingerprint density at radius 1 is 1.03 bits per heavy atom. The molecule has 1 aromatic heterocycles. The number of carbonyl (C=O) groups is 1. The molecule has 4 rings (SSSR count). The largest absolute Gasteiger partial charge is 0.493 e. The van der Waals surface area contributed by atoms with Crippen molar-refractivity contribution in [2.24, 2.45) is 5.41 Å². The molecule has 0 bridgehead atoms. The van der Waals surface area contributed by atoms with Crippen LogP contribution in [0, 0.1) is 12.3 Å². The maximum atomic E-state index is 13.1. The molecule has 0 unspecified atom stereocenters. The molecule has 0 saturated carbocycles. The van der Waals surface area contributed by atoms with Crippen LogP contribution in [0.2, 0.25) is 0 Å². The van der Waals surface area contributed by atoms with E-state index in [0.29, 0.717) is 24.7 Å². The Labute approximate surface area is 182 Å². The van der Waals surface area contributed by atoms with Gasteiger partial charge in [-0.2, -0.15) is 0 Å². The lowest BCUT2D eigenvalue weighted by Gasteiger charge is -2.22. The standard InChI is InChI=1S/C25H27NO3S/c1-16-6-8-17(9-7-16)22-12-18-14-26(24(27)23(18)30-22)19-10-11-20(21(13-19)28-5)29-15-25(2,3)4/h6-13H,14-15H2,1-5H3. The van der Waals surface area contributed by atoms with Crippen molar-refractivity contribution in [2.45, 2.75) is 34.2 Å². The first-order valence-corrected chi connectivity index (χ1v) is 10.9. The Kier molecular flexibility index (Phi) is 5.33. The van der Waals surface area contributed by atoms with Gasteiger partial charge in [0.15, 0.2) is 11.5 Å². The summed E-state index contributed by atoms with van der Waals surface area (Å²) in [6.07, 6.45) is 0. The van der Waals surface area contributed by atoms with E-state index in [1.54, 1.807) is 23.3 Å². The van der Waals surface area contributed by atoms with Crippen molar-refractivity contribution in [3.05, 3.63) is 64.5 Å². The summed E-state index contributed by atoms with van der Waals surface area (Å²) in [5.41, 5.74) is 4.33. The highest BCUT2D eigenvalue weighted by molar-refractivity contribution is 7.17. The number of fused-ring (bicyclic) bond motifs is 1. The van der Waals surface area contributed by atoms with Gasteiger partial charge < -0.3 is 14.4 Å². The zero-order chi connectivity index (χ0) is 21.5. The summed E-state index contributed by atoms with van der Waals surface area (Å²) in [6, 6.07) is 16.3. The second kappa shape index (κ2) is 7.80. The van der Waals surface area contributed by atoms with Crippen molar-refractivity contribution in [1.29, 1.82) is 0 Å². The van der Waals surface area contributed by atoms with Crippen molar-refractivity contribution in [3.63, 3.8) is 0 Å². The number of carbonyl (C=O) groups excluding carboxylic acids is 1. The molecule has 3 aromatic rings. The summed E-state index contributed by atoms with van der Waals surface area (Å²) >= 11 is 1.56. The van der Waals surface area contributed by atoms with Crippen LogP contribution in [-0.2, 0) is 6.54 Å². The van der Waals surface area contributed by atoms with E-state index in [0.717, 1.165) is 26.6 Å². The van der Waals surface area contributed by atoms with Crippen molar-refractivity contribution in [3.8, 4) is 21.9 Å². The molecule has 30 heavy (non-hydrogen) atoms. The molecule has 1 aliphatic rings. The third kappa shape index (κ3) is 4.08. The molecule has 2 aromatic carbocycles. The number of hydrogen-bond acceptors (Lipinski definition) is 4. The smallest absolute Gasteiger partial charge is 0.269 e. The molecule has 0 spiro atoms. The Bertz CT molecular complexity index is 1080. The van der Waals surface area contributed by atoms with E-state index in [1.165, 1.54) is 5.56 Å². The fourth-order valence-corrected chi connectivity index (χ4v) is 4.53. The first-order valence-electron chi connectivity index (χ1n) is 10.1. The number of thiophene rings is 1. The van der Waals surface area contributed by atoms with Gasteiger partial charge in [-0.3, -0.25) is 4.79 Å². The predicted octanol–water partition coefficient (Wildman–Crippen LogP) is 6.32. The lowest BCUT2D eigenvalue weighted by molar-refractivity contribution is 0.1000. The van der Waals surface area contributed by atoms with E-state index in [4.69, 9.17) is 9.47 Å². The van der Waals surface area contributed by atoms with Crippen LogP contribution in [0.25, 0.3) is 10.4 Å². The van der Waals surface area contributed by atoms with Crippen LogP contribution in [0.3, 0.4) is 0 Å². The number of anilines is 1. The van der Waals surface area contributed by atoms with Crippen molar-refractivity contribution >= 4 is 22.9 Å². The van der Waals surface area contributed by atoms with Crippen LogP contribution in [0.15, 0.2) is 48.5 Å². The number of methoxy groups -OCH3 is 1. The summed E-state index contributed by atoms with van der Waals surface area (Å²) in [4.78, 5) is 16.9. The van der Waals surface area contributed by atoms with Crippen molar-refractivity contribution in [2.75, 3.05) is 18.6 Å².